The normalized spacial score (nSPS) is 35.2. The van der Waals surface area contributed by atoms with Gasteiger partial charge in [-0.15, -0.1) is 0 Å². The van der Waals surface area contributed by atoms with Gasteiger partial charge in [-0.2, -0.15) is 0 Å². The summed E-state index contributed by atoms with van der Waals surface area (Å²) >= 11 is 0. The van der Waals surface area contributed by atoms with E-state index in [1.54, 1.807) is 0 Å². The van der Waals surface area contributed by atoms with Crippen LogP contribution in [0.25, 0.3) is 0 Å². The molecule has 0 bridgehead atoms. The van der Waals surface area contributed by atoms with E-state index in [0.717, 1.165) is 45.4 Å². The fourth-order valence-corrected chi connectivity index (χ4v) is 2.27. The third-order valence-electron chi connectivity index (χ3n) is 3.05. The quantitative estimate of drug-likeness (QED) is 0.550. The summed E-state index contributed by atoms with van der Waals surface area (Å²) < 4.78 is 5.31. The fourth-order valence-electron chi connectivity index (χ4n) is 2.27. The molecule has 0 aromatic rings. The summed E-state index contributed by atoms with van der Waals surface area (Å²) in [5, 5.41) is 13.1. The van der Waals surface area contributed by atoms with Crippen LogP contribution in [-0.4, -0.2) is 36.5 Å². The van der Waals surface area contributed by atoms with E-state index in [0.29, 0.717) is 0 Å². The van der Waals surface area contributed by atoms with Gasteiger partial charge in [0.15, 0.2) is 0 Å². The standard InChI is InChI=1S/C9H17NO2/c11-8-1-4-10-9(7-8)2-5-12-6-3-9/h8,10-11H,1-7H2/t8-/m0/s1. The van der Waals surface area contributed by atoms with Crippen molar-refractivity contribution in [2.24, 2.45) is 0 Å². The average Bonchev–Trinajstić information content (AvgIpc) is 2.05. The molecule has 2 fully saturated rings. The van der Waals surface area contributed by atoms with Crippen LogP contribution in [0.3, 0.4) is 0 Å². The van der Waals surface area contributed by atoms with E-state index in [1.165, 1.54) is 0 Å². The summed E-state index contributed by atoms with van der Waals surface area (Å²) in [7, 11) is 0. The van der Waals surface area contributed by atoms with E-state index in [4.69, 9.17) is 4.74 Å². The van der Waals surface area contributed by atoms with Crippen molar-refractivity contribution in [2.75, 3.05) is 19.8 Å². The van der Waals surface area contributed by atoms with Crippen molar-refractivity contribution in [1.29, 1.82) is 0 Å². The molecular weight excluding hydrogens is 154 g/mol. The van der Waals surface area contributed by atoms with Crippen molar-refractivity contribution in [3.05, 3.63) is 0 Å². The molecule has 3 heteroatoms. The van der Waals surface area contributed by atoms with Crippen LogP contribution in [0.5, 0.6) is 0 Å². The fraction of sp³-hybridized carbons (Fsp3) is 1.00. The van der Waals surface area contributed by atoms with Crippen molar-refractivity contribution in [3.8, 4) is 0 Å². The molecular formula is C9H17NO2. The topological polar surface area (TPSA) is 41.5 Å². The molecule has 0 saturated carbocycles. The smallest absolute Gasteiger partial charge is 0.0570 e. The lowest BCUT2D eigenvalue weighted by atomic mass is 9.81. The summed E-state index contributed by atoms with van der Waals surface area (Å²) in [5.41, 5.74) is 0.204. The van der Waals surface area contributed by atoms with Gasteiger partial charge < -0.3 is 15.2 Å². The molecule has 0 aromatic heterocycles. The maximum Gasteiger partial charge on any atom is 0.0570 e. The first kappa shape index (κ1) is 8.48. The van der Waals surface area contributed by atoms with Crippen LogP contribution in [0.1, 0.15) is 25.7 Å². The minimum Gasteiger partial charge on any atom is -0.393 e. The number of rotatable bonds is 0. The van der Waals surface area contributed by atoms with Crippen LogP contribution in [0.15, 0.2) is 0 Å². The Morgan fingerprint density at radius 1 is 1.33 bits per heavy atom. The molecule has 2 heterocycles. The second-order valence-corrected chi connectivity index (χ2v) is 3.97. The zero-order valence-electron chi connectivity index (χ0n) is 7.38. The van der Waals surface area contributed by atoms with Gasteiger partial charge in [-0.05, 0) is 32.2 Å². The third-order valence-corrected chi connectivity index (χ3v) is 3.05. The average molecular weight is 171 g/mol. The molecule has 2 N–H and O–H groups in total. The van der Waals surface area contributed by atoms with Crippen LogP contribution in [-0.2, 0) is 4.74 Å². The highest BCUT2D eigenvalue weighted by Gasteiger charge is 2.36. The molecule has 70 valence electrons. The van der Waals surface area contributed by atoms with Gasteiger partial charge in [0.05, 0.1) is 6.10 Å². The highest BCUT2D eigenvalue weighted by Crippen LogP contribution is 2.29. The Hall–Kier alpha value is -0.120. The number of piperidine rings is 1. The minimum absolute atomic E-state index is 0.0932. The monoisotopic (exact) mass is 171 g/mol. The number of nitrogens with one attached hydrogen (secondary N) is 1. The van der Waals surface area contributed by atoms with Gasteiger partial charge in [-0.3, -0.25) is 0 Å². The number of ether oxygens (including phenoxy) is 1. The molecule has 12 heavy (non-hydrogen) atoms. The van der Waals surface area contributed by atoms with Crippen molar-refractivity contribution in [2.45, 2.75) is 37.3 Å². The summed E-state index contributed by atoms with van der Waals surface area (Å²) in [6.07, 6.45) is 3.84. The molecule has 0 aromatic carbocycles. The van der Waals surface area contributed by atoms with Crippen molar-refractivity contribution in [1.82, 2.24) is 5.32 Å². The van der Waals surface area contributed by atoms with Crippen LogP contribution in [0.4, 0.5) is 0 Å². The molecule has 0 amide bonds. The van der Waals surface area contributed by atoms with Crippen LogP contribution in [0.2, 0.25) is 0 Å². The Balaban J connectivity index is 1.97. The SMILES string of the molecule is O[C@H]1CCNC2(CCOCC2)C1. The number of aliphatic hydroxyl groups excluding tert-OH is 1. The van der Waals surface area contributed by atoms with Gasteiger partial charge in [0.1, 0.15) is 0 Å². The first-order chi connectivity index (χ1) is 5.81. The summed E-state index contributed by atoms with van der Waals surface area (Å²) in [5.74, 6) is 0. The predicted octanol–water partition coefficient (Wildman–Crippen LogP) is 0.280. The Morgan fingerprint density at radius 3 is 2.75 bits per heavy atom. The molecule has 0 radical (unpaired) electrons. The second kappa shape index (κ2) is 3.32. The number of hydrogen-bond acceptors (Lipinski definition) is 3. The molecule has 2 saturated heterocycles. The lowest BCUT2D eigenvalue weighted by molar-refractivity contribution is -0.00541. The Morgan fingerprint density at radius 2 is 2.08 bits per heavy atom. The first-order valence-corrected chi connectivity index (χ1v) is 4.82. The van der Waals surface area contributed by atoms with Gasteiger partial charge in [-0.25, -0.2) is 0 Å². The van der Waals surface area contributed by atoms with Crippen LogP contribution < -0.4 is 5.32 Å². The Kier molecular flexibility index (Phi) is 2.35. The van der Waals surface area contributed by atoms with E-state index in [2.05, 4.69) is 5.32 Å². The molecule has 2 aliphatic heterocycles. The second-order valence-electron chi connectivity index (χ2n) is 3.97. The van der Waals surface area contributed by atoms with Gasteiger partial charge in [-0.1, -0.05) is 0 Å². The van der Waals surface area contributed by atoms with Gasteiger partial charge in [0, 0.05) is 18.8 Å². The van der Waals surface area contributed by atoms with E-state index >= 15 is 0 Å². The van der Waals surface area contributed by atoms with Crippen LogP contribution in [0, 0.1) is 0 Å². The predicted molar refractivity (Wildman–Crippen MR) is 46.0 cm³/mol. The lowest BCUT2D eigenvalue weighted by Gasteiger charge is -2.43. The zero-order chi connectivity index (χ0) is 8.44. The Bertz CT molecular complexity index is 149. The van der Waals surface area contributed by atoms with Crippen molar-refractivity contribution >= 4 is 0 Å². The highest BCUT2D eigenvalue weighted by atomic mass is 16.5. The maximum atomic E-state index is 9.55. The van der Waals surface area contributed by atoms with E-state index in [1.807, 2.05) is 0 Å². The van der Waals surface area contributed by atoms with Crippen molar-refractivity contribution < 1.29 is 9.84 Å². The highest BCUT2D eigenvalue weighted by molar-refractivity contribution is 4.95. The lowest BCUT2D eigenvalue weighted by Crippen LogP contribution is -2.55. The van der Waals surface area contributed by atoms with E-state index < -0.39 is 0 Å². The summed E-state index contributed by atoms with van der Waals surface area (Å²) in [4.78, 5) is 0. The molecule has 1 spiro atoms. The zero-order valence-corrected chi connectivity index (χ0v) is 7.38. The van der Waals surface area contributed by atoms with E-state index in [9.17, 15) is 5.11 Å². The minimum atomic E-state index is -0.0932. The molecule has 3 nitrogen and oxygen atoms in total. The van der Waals surface area contributed by atoms with Gasteiger partial charge >= 0.3 is 0 Å². The summed E-state index contributed by atoms with van der Waals surface area (Å²) in [6.45, 7) is 2.65. The molecule has 0 aliphatic carbocycles. The molecule has 0 unspecified atom stereocenters. The van der Waals surface area contributed by atoms with Gasteiger partial charge in [0.25, 0.3) is 0 Å². The van der Waals surface area contributed by atoms with E-state index in [-0.39, 0.29) is 11.6 Å². The molecule has 1 atom stereocenters. The maximum absolute atomic E-state index is 9.55. The number of hydrogen-bond donors (Lipinski definition) is 2. The molecule has 2 rings (SSSR count). The third kappa shape index (κ3) is 1.63. The molecule has 2 aliphatic rings. The van der Waals surface area contributed by atoms with Crippen molar-refractivity contribution in [3.63, 3.8) is 0 Å². The van der Waals surface area contributed by atoms with Gasteiger partial charge in [0.2, 0.25) is 0 Å². The first-order valence-electron chi connectivity index (χ1n) is 4.82. The largest absolute Gasteiger partial charge is 0.393 e. The van der Waals surface area contributed by atoms with Crippen LogP contribution >= 0.6 is 0 Å². The Labute approximate surface area is 73.1 Å². The number of aliphatic hydroxyl groups is 1. The summed E-state index contributed by atoms with van der Waals surface area (Å²) in [6, 6.07) is 0.